The van der Waals surface area contributed by atoms with Gasteiger partial charge in [-0.1, -0.05) is 18.2 Å². The second-order valence-electron chi connectivity index (χ2n) is 6.74. The van der Waals surface area contributed by atoms with Crippen LogP contribution < -0.4 is 0 Å². The van der Waals surface area contributed by atoms with Crippen molar-refractivity contribution < 1.29 is 4.79 Å². The Morgan fingerprint density at radius 1 is 1.11 bits per heavy atom. The predicted octanol–water partition coefficient (Wildman–Crippen LogP) is 3.88. The molecular weight excluding hydrogens is 370 g/mol. The SMILES string of the molecule is Cc1nn(C)c(C)c1CN(Cc1nccs1)C(=O)c1cccc2cccnc12. The minimum Gasteiger partial charge on any atom is -0.327 e. The van der Waals surface area contributed by atoms with Gasteiger partial charge in [0.1, 0.15) is 5.01 Å². The van der Waals surface area contributed by atoms with E-state index in [1.54, 1.807) is 23.7 Å². The third-order valence-electron chi connectivity index (χ3n) is 4.97. The smallest absolute Gasteiger partial charge is 0.256 e. The Morgan fingerprint density at radius 2 is 1.93 bits per heavy atom. The van der Waals surface area contributed by atoms with Crippen LogP contribution in [0.3, 0.4) is 0 Å². The van der Waals surface area contributed by atoms with Gasteiger partial charge in [-0.15, -0.1) is 11.3 Å². The highest BCUT2D eigenvalue weighted by molar-refractivity contribution is 7.09. The molecule has 4 aromatic rings. The molecule has 0 aliphatic rings. The number of benzene rings is 1. The quantitative estimate of drug-likeness (QED) is 0.518. The molecule has 0 spiro atoms. The van der Waals surface area contributed by atoms with Crippen molar-refractivity contribution in [1.29, 1.82) is 0 Å². The van der Waals surface area contributed by atoms with Crippen LogP contribution in [-0.2, 0) is 20.1 Å². The average Bonchev–Trinajstić information content (AvgIpc) is 3.30. The first-order chi connectivity index (χ1) is 13.5. The van der Waals surface area contributed by atoms with Gasteiger partial charge in [0.25, 0.3) is 5.91 Å². The third kappa shape index (κ3) is 3.41. The molecule has 0 N–H and O–H groups in total. The number of pyridine rings is 1. The van der Waals surface area contributed by atoms with Crippen LogP contribution in [0.4, 0.5) is 0 Å². The summed E-state index contributed by atoms with van der Waals surface area (Å²) in [5.41, 5.74) is 4.40. The normalized spacial score (nSPS) is 11.1. The van der Waals surface area contributed by atoms with Gasteiger partial charge >= 0.3 is 0 Å². The number of amides is 1. The zero-order valence-corrected chi connectivity index (χ0v) is 16.9. The van der Waals surface area contributed by atoms with E-state index in [4.69, 9.17) is 0 Å². The summed E-state index contributed by atoms with van der Waals surface area (Å²) >= 11 is 1.55. The van der Waals surface area contributed by atoms with E-state index < -0.39 is 0 Å². The van der Waals surface area contributed by atoms with Crippen LogP contribution in [0.15, 0.2) is 48.1 Å². The number of rotatable bonds is 5. The van der Waals surface area contributed by atoms with Crippen LogP contribution >= 0.6 is 11.3 Å². The van der Waals surface area contributed by atoms with Gasteiger partial charge in [-0.3, -0.25) is 14.5 Å². The van der Waals surface area contributed by atoms with E-state index in [-0.39, 0.29) is 5.91 Å². The highest BCUT2D eigenvalue weighted by Gasteiger charge is 2.23. The minimum absolute atomic E-state index is 0.0536. The maximum atomic E-state index is 13.6. The number of hydrogen-bond acceptors (Lipinski definition) is 5. The number of hydrogen-bond donors (Lipinski definition) is 0. The number of carbonyl (C=O) groups excluding carboxylic acids is 1. The maximum absolute atomic E-state index is 13.6. The number of carbonyl (C=O) groups is 1. The molecule has 0 unspecified atom stereocenters. The summed E-state index contributed by atoms with van der Waals surface area (Å²) in [4.78, 5) is 24.2. The van der Waals surface area contributed by atoms with Crippen LogP contribution in [-0.4, -0.2) is 30.6 Å². The summed E-state index contributed by atoms with van der Waals surface area (Å²) in [6, 6.07) is 9.57. The zero-order chi connectivity index (χ0) is 19.7. The van der Waals surface area contributed by atoms with Gasteiger partial charge < -0.3 is 4.90 Å². The molecule has 0 atom stereocenters. The molecule has 3 heterocycles. The Kier molecular flexibility index (Phi) is 4.92. The van der Waals surface area contributed by atoms with E-state index in [2.05, 4.69) is 15.1 Å². The fourth-order valence-electron chi connectivity index (χ4n) is 3.38. The number of aryl methyl sites for hydroxylation is 2. The second kappa shape index (κ2) is 7.52. The van der Waals surface area contributed by atoms with Crippen molar-refractivity contribution in [3.8, 4) is 0 Å². The lowest BCUT2D eigenvalue weighted by Crippen LogP contribution is -2.30. The Morgan fingerprint density at radius 3 is 2.64 bits per heavy atom. The summed E-state index contributed by atoms with van der Waals surface area (Å²) in [7, 11) is 1.92. The van der Waals surface area contributed by atoms with E-state index in [1.807, 2.05) is 66.2 Å². The molecule has 3 aromatic heterocycles. The van der Waals surface area contributed by atoms with Gasteiger partial charge in [0.15, 0.2) is 0 Å². The number of nitrogens with zero attached hydrogens (tertiary/aromatic N) is 5. The molecule has 0 aliphatic heterocycles. The van der Waals surface area contributed by atoms with E-state index in [9.17, 15) is 4.79 Å². The molecule has 142 valence electrons. The fraction of sp³-hybridized carbons (Fsp3) is 0.238. The largest absolute Gasteiger partial charge is 0.327 e. The van der Waals surface area contributed by atoms with Crippen LogP contribution in [0, 0.1) is 13.8 Å². The molecule has 28 heavy (non-hydrogen) atoms. The lowest BCUT2D eigenvalue weighted by Gasteiger charge is -2.22. The predicted molar refractivity (Wildman–Crippen MR) is 110 cm³/mol. The van der Waals surface area contributed by atoms with Crippen molar-refractivity contribution in [2.45, 2.75) is 26.9 Å². The molecule has 6 nitrogen and oxygen atoms in total. The highest BCUT2D eigenvalue weighted by atomic mass is 32.1. The molecular formula is C21H21N5OS. The highest BCUT2D eigenvalue weighted by Crippen LogP contribution is 2.23. The molecule has 1 aromatic carbocycles. The molecule has 4 rings (SSSR count). The summed E-state index contributed by atoms with van der Waals surface area (Å²) in [6.45, 7) is 4.94. The van der Waals surface area contributed by atoms with E-state index in [0.29, 0.717) is 18.7 Å². The van der Waals surface area contributed by atoms with Crippen LogP contribution in [0.1, 0.15) is 32.3 Å². The number of para-hydroxylation sites is 1. The standard InChI is InChI=1S/C21H21N5OS/c1-14-18(15(2)25(3)24-14)12-26(13-19-22-10-11-28-19)21(27)17-8-4-6-16-7-5-9-23-20(16)17/h4-11H,12-13H2,1-3H3. The Hall–Kier alpha value is -3.06. The number of aromatic nitrogens is 4. The number of fused-ring (bicyclic) bond motifs is 1. The van der Waals surface area contributed by atoms with Gasteiger partial charge in [0.2, 0.25) is 0 Å². The van der Waals surface area contributed by atoms with Crippen molar-refractivity contribution in [2.75, 3.05) is 0 Å². The van der Waals surface area contributed by atoms with Gasteiger partial charge in [-0.25, -0.2) is 4.98 Å². The van der Waals surface area contributed by atoms with Gasteiger partial charge in [-0.2, -0.15) is 5.10 Å². The van der Waals surface area contributed by atoms with Crippen molar-refractivity contribution in [3.05, 3.63) is 75.6 Å². The first-order valence-corrected chi connectivity index (χ1v) is 9.93. The van der Waals surface area contributed by atoms with E-state index in [0.717, 1.165) is 32.9 Å². The topological polar surface area (TPSA) is 63.9 Å². The number of thiazole rings is 1. The van der Waals surface area contributed by atoms with Crippen molar-refractivity contribution in [1.82, 2.24) is 24.6 Å². The van der Waals surface area contributed by atoms with Crippen LogP contribution in [0.2, 0.25) is 0 Å². The van der Waals surface area contributed by atoms with Crippen molar-refractivity contribution in [2.24, 2.45) is 7.05 Å². The summed E-state index contributed by atoms with van der Waals surface area (Å²) < 4.78 is 1.86. The monoisotopic (exact) mass is 391 g/mol. The summed E-state index contributed by atoms with van der Waals surface area (Å²) in [5.74, 6) is -0.0536. The summed E-state index contributed by atoms with van der Waals surface area (Å²) in [6.07, 6.45) is 3.49. The molecule has 0 saturated heterocycles. The fourth-order valence-corrected chi connectivity index (χ4v) is 4.01. The van der Waals surface area contributed by atoms with Gasteiger partial charge in [-0.05, 0) is 26.0 Å². The molecule has 0 bridgehead atoms. The lowest BCUT2D eigenvalue weighted by molar-refractivity contribution is 0.0731. The van der Waals surface area contributed by atoms with Gasteiger partial charge in [0.05, 0.1) is 29.9 Å². The lowest BCUT2D eigenvalue weighted by atomic mass is 10.1. The third-order valence-corrected chi connectivity index (χ3v) is 5.73. The van der Waals surface area contributed by atoms with Crippen molar-refractivity contribution >= 4 is 28.1 Å². The van der Waals surface area contributed by atoms with Crippen LogP contribution in [0.25, 0.3) is 10.9 Å². The molecule has 1 amide bonds. The van der Waals surface area contributed by atoms with E-state index >= 15 is 0 Å². The first kappa shape index (κ1) is 18.3. The molecule has 7 heteroatoms. The molecule has 0 saturated carbocycles. The minimum atomic E-state index is -0.0536. The Balaban J connectivity index is 1.75. The average molecular weight is 392 g/mol. The first-order valence-electron chi connectivity index (χ1n) is 9.05. The van der Waals surface area contributed by atoms with Crippen molar-refractivity contribution in [3.63, 3.8) is 0 Å². The Bertz CT molecular complexity index is 1130. The van der Waals surface area contributed by atoms with Gasteiger partial charge in [0, 0.05) is 41.5 Å². The zero-order valence-electron chi connectivity index (χ0n) is 16.1. The molecule has 0 radical (unpaired) electrons. The molecule has 0 aliphatic carbocycles. The van der Waals surface area contributed by atoms with Crippen LogP contribution in [0.5, 0.6) is 0 Å². The second-order valence-corrected chi connectivity index (χ2v) is 7.72. The molecule has 0 fully saturated rings. The maximum Gasteiger partial charge on any atom is 0.256 e. The van der Waals surface area contributed by atoms with E-state index in [1.165, 1.54) is 0 Å². The Labute approximate surface area is 167 Å². The summed E-state index contributed by atoms with van der Waals surface area (Å²) in [5, 5.41) is 8.28.